The van der Waals surface area contributed by atoms with Crippen molar-refractivity contribution in [1.29, 1.82) is 0 Å². The number of rotatable bonds is 6. The summed E-state index contributed by atoms with van der Waals surface area (Å²) < 4.78 is 5.16. The van der Waals surface area contributed by atoms with Gasteiger partial charge in [-0.3, -0.25) is 4.79 Å². The first-order valence-electron chi connectivity index (χ1n) is 8.96. The van der Waals surface area contributed by atoms with Gasteiger partial charge in [0.05, 0.1) is 23.6 Å². The first-order chi connectivity index (χ1) is 12.5. The highest BCUT2D eigenvalue weighted by atomic mass is 32.1. The Labute approximate surface area is 162 Å². The molecule has 0 spiro atoms. The van der Waals surface area contributed by atoms with Gasteiger partial charge in [-0.15, -0.1) is 22.7 Å². The topological polar surface area (TPSA) is 59.8 Å². The SMILES string of the molecule is CCOC(=O)c1c(NC(=O)C[NH+]2CCC[C@@H]2c2cccs2)sc(C)c1C. The van der Waals surface area contributed by atoms with E-state index in [0.717, 1.165) is 29.8 Å². The Bertz CT molecular complexity index is 783. The van der Waals surface area contributed by atoms with Crippen LogP contribution in [0.4, 0.5) is 5.00 Å². The van der Waals surface area contributed by atoms with Crippen LogP contribution in [0.25, 0.3) is 0 Å². The molecule has 140 valence electrons. The lowest BCUT2D eigenvalue weighted by Crippen LogP contribution is -3.11. The van der Waals surface area contributed by atoms with Crippen LogP contribution in [0.3, 0.4) is 0 Å². The lowest BCUT2D eigenvalue weighted by Gasteiger charge is -2.20. The maximum absolute atomic E-state index is 12.7. The normalized spacial score (nSPS) is 19.5. The van der Waals surface area contributed by atoms with Gasteiger partial charge in [0.2, 0.25) is 0 Å². The zero-order chi connectivity index (χ0) is 18.7. The number of ether oxygens (including phenoxy) is 1. The molecule has 0 saturated carbocycles. The Balaban J connectivity index is 1.70. The van der Waals surface area contributed by atoms with Crippen molar-refractivity contribution in [3.05, 3.63) is 38.4 Å². The van der Waals surface area contributed by atoms with Crippen molar-refractivity contribution >= 4 is 39.6 Å². The third-order valence-electron chi connectivity index (χ3n) is 4.88. The van der Waals surface area contributed by atoms with Gasteiger partial charge in [-0.2, -0.15) is 0 Å². The summed E-state index contributed by atoms with van der Waals surface area (Å²) >= 11 is 3.20. The van der Waals surface area contributed by atoms with Gasteiger partial charge >= 0.3 is 5.97 Å². The first-order valence-corrected chi connectivity index (χ1v) is 10.7. The van der Waals surface area contributed by atoms with Crippen LogP contribution in [0, 0.1) is 13.8 Å². The number of amides is 1. The van der Waals surface area contributed by atoms with Crippen LogP contribution in [0.5, 0.6) is 0 Å². The number of esters is 1. The van der Waals surface area contributed by atoms with Crippen LogP contribution < -0.4 is 10.2 Å². The molecule has 3 heterocycles. The second-order valence-electron chi connectivity index (χ2n) is 6.55. The minimum absolute atomic E-state index is 0.0461. The van der Waals surface area contributed by atoms with E-state index in [9.17, 15) is 9.59 Å². The van der Waals surface area contributed by atoms with Gasteiger partial charge in [-0.05, 0) is 37.8 Å². The van der Waals surface area contributed by atoms with Crippen LogP contribution in [-0.2, 0) is 9.53 Å². The molecule has 7 heteroatoms. The minimum Gasteiger partial charge on any atom is -0.462 e. The van der Waals surface area contributed by atoms with Crippen LogP contribution in [0.15, 0.2) is 17.5 Å². The maximum atomic E-state index is 12.7. The second kappa shape index (κ2) is 8.33. The zero-order valence-corrected chi connectivity index (χ0v) is 17.0. The number of aryl methyl sites for hydroxylation is 1. The number of nitrogens with one attached hydrogen (secondary N) is 2. The molecule has 26 heavy (non-hydrogen) atoms. The van der Waals surface area contributed by atoms with Crippen molar-refractivity contribution in [2.24, 2.45) is 0 Å². The number of anilines is 1. The van der Waals surface area contributed by atoms with E-state index in [0.29, 0.717) is 29.8 Å². The maximum Gasteiger partial charge on any atom is 0.341 e. The molecule has 0 bridgehead atoms. The van der Waals surface area contributed by atoms with E-state index in [-0.39, 0.29) is 11.9 Å². The van der Waals surface area contributed by atoms with E-state index in [2.05, 4.69) is 22.8 Å². The van der Waals surface area contributed by atoms with E-state index in [1.165, 1.54) is 21.1 Å². The second-order valence-corrected chi connectivity index (χ2v) is 8.76. The third kappa shape index (κ3) is 4.00. The molecule has 1 fully saturated rings. The van der Waals surface area contributed by atoms with Crippen molar-refractivity contribution < 1.29 is 19.2 Å². The molecule has 0 aromatic carbocycles. The molecule has 2 N–H and O–H groups in total. The highest BCUT2D eigenvalue weighted by Crippen LogP contribution is 2.33. The monoisotopic (exact) mass is 393 g/mol. The predicted octanol–water partition coefficient (Wildman–Crippen LogP) is 2.96. The van der Waals surface area contributed by atoms with E-state index in [4.69, 9.17) is 4.74 Å². The highest BCUT2D eigenvalue weighted by molar-refractivity contribution is 7.16. The fraction of sp³-hybridized carbons (Fsp3) is 0.474. The minimum atomic E-state index is -0.366. The predicted molar refractivity (Wildman–Crippen MR) is 105 cm³/mol. The number of likely N-dealkylation sites (tertiary alicyclic amines) is 1. The molecule has 3 rings (SSSR count). The summed E-state index contributed by atoms with van der Waals surface area (Å²) in [5.41, 5.74) is 1.38. The Morgan fingerprint density at radius 2 is 2.19 bits per heavy atom. The summed E-state index contributed by atoms with van der Waals surface area (Å²) in [6, 6.07) is 4.62. The first kappa shape index (κ1) is 19.1. The Morgan fingerprint density at radius 1 is 1.38 bits per heavy atom. The molecule has 5 nitrogen and oxygen atoms in total. The average molecular weight is 394 g/mol. The molecule has 2 aromatic heterocycles. The van der Waals surface area contributed by atoms with Crippen LogP contribution in [0.2, 0.25) is 0 Å². The van der Waals surface area contributed by atoms with E-state index >= 15 is 0 Å². The summed E-state index contributed by atoms with van der Waals surface area (Å²) in [6.45, 7) is 7.38. The van der Waals surface area contributed by atoms with Crippen molar-refractivity contribution in [2.45, 2.75) is 39.7 Å². The van der Waals surface area contributed by atoms with E-state index in [1.807, 2.05) is 13.8 Å². The van der Waals surface area contributed by atoms with Gasteiger partial charge in [-0.25, -0.2) is 4.79 Å². The number of carbonyl (C=O) groups excluding carboxylic acids is 2. The number of thiophene rings is 2. The molecule has 1 aliphatic rings. The molecule has 1 aliphatic heterocycles. The lowest BCUT2D eigenvalue weighted by molar-refractivity contribution is -0.910. The number of carbonyl (C=O) groups is 2. The molecule has 1 amide bonds. The Hall–Kier alpha value is -1.70. The number of hydrogen-bond acceptors (Lipinski definition) is 5. The molecule has 0 radical (unpaired) electrons. The molecule has 0 aliphatic carbocycles. The Morgan fingerprint density at radius 3 is 2.88 bits per heavy atom. The molecular formula is C19H25N2O3S2+. The van der Waals surface area contributed by atoms with Gasteiger partial charge in [0, 0.05) is 17.7 Å². The standard InChI is InChI=1S/C19H24N2O3S2/c1-4-24-19(23)17-12(2)13(3)26-18(17)20-16(22)11-21-9-5-7-14(21)15-8-6-10-25-15/h6,8,10,14H,4-5,7,9,11H2,1-3H3,(H,20,22)/p+1/t14-/m1/s1. The summed E-state index contributed by atoms with van der Waals surface area (Å²) in [5.74, 6) is -0.412. The van der Waals surface area contributed by atoms with Gasteiger partial charge in [0.1, 0.15) is 11.0 Å². The largest absolute Gasteiger partial charge is 0.462 e. The molecule has 1 unspecified atom stereocenters. The van der Waals surface area contributed by atoms with E-state index < -0.39 is 0 Å². The van der Waals surface area contributed by atoms with Gasteiger partial charge in [0.15, 0.2) is 6.54 Å². The summed E-state index contributed by atoms with van der Waals surface area (Å²) in [4.78, 5) is 28.6. The van der Waals surface area contributed by atoms with Gasteiger partial charge in [-0.1, -0.05) is 6.07 Å². The third-order valence-corrected chi connectivity index (χ3v) is 6.98. The number of quaternary nitrogens is 1. The summed E-state index contributed by atoms with van der Waals surface area (Å²) in [6.07, 6.45) is 2.25. The molecule has 2 atom stereocenters. The van der Waals surface area contributed by atoms with E-state index in [1.54, 1.807) is 18.3 Å². The van der Waals surface area contributed by atoms with Crippen LogP contribution >= 0.6 is 22.7 Å². The summed E-state index contributed by atoms with van der Waals surface area (Å²) in [5, 5.41) is 5.66. The van der Waals surface area contributed by atoms with Crippen LogP contribution in [0.1, 0.15) is 51.5 Å². The van der Waals surface area contributed by atoms with Crippen molar-refractivity contribution in [3.63, 3.8) is 0 Å². The highest BCUT2D eigenvalue weighted by Gasteiger charge is 2.32. The molecule has 2 aromatic rings. The smallest absolute Gasteiger partial charge is 0.341 e. The summed E-state index contributed by atoms with van der Waals surface area (Å²) in [7, 11) is 0. The molecule has 1 saturated heterocycles. The van der Waals surface area contributed by atoms with Crippen molar-refractivity contribution in [3.8, 4) is 0 Å². The van der Waals surface area contributed by atoms with Crippen LogP contribution in [-0.4, -0.2) is 31.6 Å². The number of hydrogen-bond donors (Lipinski definition) is 2. The Kier molecular flexibility index (Phi) is 6.11. The van der Waals surface area contributed by atoms with Crippen molar-refractivity contribution in [1.82, 2.24) is 0 Å². The van der Waals surface area contributed by atoms with Gasteiger partial charge < -0.3 is 15.0 Å². The fourth-order valence-electron chi connectivity index (χ4n) is 3.50. The van der Waals surface area contributed by atoms with Gasteiger partial charge in [0.25, 0.3) is 5.91 Å². The lowest BCUT2D eigenvalue weighted by atomic mass is 10.1. The fourth-order valence-corrected chi connectivity index (χ4v) is 5.48. The zero-order valence-electron chi connectivity index (χ0n) is 15.4. The average Bonchev–Trinajstić information content (AvgIpc) is 3.30. The quantitative estimate of drug-likeness (QED) is 0.742. The molecular weight excluding hydrogens is 368 g/mol. The van der Waals surface area contributed by atoms with Crippen molar-refractivity contribution in [2.75, 3.05) is 25.0 Å².